The Morgan fingerprint density at radius 3 is 2.35 bits per heavy atom. The lowest BCUT2D eigenvalue weighted by molar-refractivity contribution is -0.271. The van der Waals surface area contributed by atoms with Crippen molar-refractivity contribution < 1.29 is 83.1 Å². The number of amides is 3. The molecule has 3 aromatic carbocycles. The Morgan fingerprint density at radius 2 is 1.63 bits per heavy atom. The number of anilines is 3. The second-order valence-electron chi connectivity index (χ2n) is 25.3. The van der Waals surface area contributed by atoms with Crippen molar-refractivity contribution in [2.75, 3.05) is 62.0 Å². The Hall–Kier alpha value is -8.57. The molecule has 0 spiro atoms. The van der Waals surface area contributed by atoms with E-state index in [2.05, 4.69) is 29.5 Å². The van der Waals surface area contributed by atoms with E-state index in [0.29, 0.717) is 69.6 Å². The number of likely N-dealkylation sites (N-methyl/N-ethyl adjacent to an activating group) is 1. The van der Waals surface area contributed by atoms with Crippen LogP contribution in [0.1, 0.15) is 102 Å². The summed E-state index contributed by atoms with van der Waals surface area (Å²) in [4.78, 5) is 89.0. The minimum absolute atomic E-state index is 0.0279. The van der Waals surface area contributed by atoms with Crippen LogP contribution in [0.4, 0.5) is 21.4 Å². The van der Waals surface area contributed by atoms with Crippen molar-refractivity contribution in [1.29, 1.82) is 0 Å². The number of hydrogen-bond acceptors (Lipinski definition) is 20. The van der Waals surface area contributed by atoms with E-state index < -0.39 is 78.7 Å². The normalized spacial score (nSPS) is 25.7. The van der Waals surface area contributed by atoms with Gasteiger partial charge in [0.2, 0.25) is 12.2 Å². The molecule has 6 aromatic rings. The number of benzene rings is 3. The van der Waals surface area contributed by atoms with Crippen LogP contribution in [-0.4, -0.2) is 174 Å². The Balaban J connectivity index is 0.730. The minimum atomic E-state index is -1.93. The Labute approximate surface area is 526 Å². The van der Waals surface area contributed by atoms with E-state index in [1.807, 2.05) is 40.8 Å². The van der Waals surface area contributed by atoms with Crippen LogP contribution in [0.5, 0.6) is 11.5 Å². The first-order valence-electron chi connectivity index (χ1n) is 29.9. The van der Waals surface area contributed by atoms with Crippen LogP contribution in [0.2, 0.25) is 0 Å². The van der Waals surface area contributed by atoms with Gasteiger partial charge in [-0.25, -0.2) is 29.1 Å². The fourth-order valence-corrected chi connectivity index (χ4v) is 16.0. The van der Waals surface area contributed by atoms with Crippen LogP contribution in [-0.2, 0) is 48.1 Å². The predicted molar refractivity (Wildman–Crippen MR) is 331 cm³/mol. The van der Waals surface area contributed by atoms with Crippen LogP contribution in [0.3, 0.4) is 0 Å². The number of ether oxygens (including phenoxy) is 5. The average molecular weight is 1270 g/mol. The number of carbonyl (C=O) groups is 6. The third-order valence-corrected chi connectivity index (χ3v) is 18.8. The van der Waals surface area contributed by atoms with Crippen molar-refractivity contribution in [2.45, 2.75) is 122 Å². The number of fused-ring (bicyclic) bond motifs is 2. The Bertz CT molecular complexity index is 3800. The van der Waals surface area contributed by atoms with Crippen LogP contribution < -0.4 is 30.7 Å². The molecule has 7 atom stereocenters. The quantitative estimate of drug-likeness (QED) is 0.0339. The average Bonchev–Trinajstić information content (AvgIpc) is 0.754. The number of aliphatic carboxylic acids is 2. The number of aromatic nitrogens is 4. The molecule has 5 fully saturated rings. The molecule has 5 heterocycles. The van der Waals surface area contributed by atoms with E-state index in [1.54, 1.807) is 55.7 Å². The molecule has 91 heavy (non-hydrogen) atoms. The molecule has 4 bridgehead atoms. The lowest BCUT2D eigenvalue weighted by atomic mass is 9.39. The van der Waals surface area contributed by atoms with E-state index in [0.717, 1.165) is 54.4 Å². The van der Waals surface area contributed by atoms with Crippen molar-refractivity contribution in [1.82, 2.24) is 24.6 Å². The van der Waals surface area contributed by atoms with E-state index in [-0.39, 0.29) is 72.6 Å². The molecule has 4 aliphatic carbocycles. The lowest BCUT2D eigenvalue weighted by Crippen LogP contribution is -2.64. The van der Waals surface area contributed by atoms with Crippen molar-refractivity contribution in [3.8, 4) is 22.6 Å². The highest BCUT2D eigenvalue weighted by atomic mass is 32.1. The number of thiazole rings is 1. The van der Waals surface area contributed by atoms with Crippen LogP contribution in [0.15, 0.2) is 79.0 Å². The number of carboxylic acids is 3. The molecule has 1 saturated heterocycles. The zero-order chi connectivity index (χ0) is 64.7. The van der Waals surface area contributed by atoms with Gasteiger partial charge in [0.1, 0.15) is 42.2 Å². The number of carbonyl (C=O) groups excluding carboxylic acids is 3. The maximum absolute atomic E-state index is 14.0. The Morgan fingerprint density at radius 1 is 0.868 bits per heavy atom. The molecule has 26 nitrogen and oxygen atoms in total. The van der Waals surface area contributed by atoms with E-state index in [4.69, 9.17) is 39.5 Å². The summed E-state index contributed by atoms with van der Waals surface area (Å²) in [5.74, 6) is -4.18. The third-order valence-electron chi connectivity index (χ3n) is 17.9. The molecule has 2 aliphatic heterocycles. The topological polar surface area (TPSA) is 370 Å². The molecule has 3 aromatic heterocycles. The van der Waals surface area contributed by atoms with E-state index in [1.165, 1.54) is 28.4 Å². The minimum Gasteiger partial charge on any atom is -0.482 e. The highest BCUT2D eigenvalue weighted by molar-refractivity contribution is 7.22. The van der Waals surface area contributed by atoms with Gasteiger partial charge in [0.15, 0.2) is 23.5 Å². The summed E-state index contributed by atoms with van der Waals surface area (Å²) in [5.41, 5.74) is 9.47. The summed E-state index contributed by atoms with van der Waals surface area (Å²) in [5, 5.41) is 71.5. The molecule has 12 rings (SSSR count). The first kappa shape index (κ1) is 64.0. The van der Waals surface area contributed by atoms with Crippen molar-refractivity contribution in [2.24, 2.45) is 22.0 Å². The maximum atomic E-state index is 14.0. The van der Waals surface area contributed by atoms with Crippen molar-refractivity contribution in [3.63, 3.8) is 0 Å². The summed E-state index contributed by atoms with van der Waals surface area (Å²) in [6.45, 7) is 7.57. The summed E-state index contributed by atoms with van der Waals surface area (Å²) >= 11 is 1.34. The third kappa shape index (κ3) is 13.6. The largest absolute Gasteiger partial charge is 0.482 e. The first-order valence-corrected chi connectivity index (χ1v) is 30.8. The van der Waals surface area contributed by atoms with Gasteiger partial charge < -0.3 is 75.2 Å². The number of nitrogens with two attached hydrogens (primary N) is 1. The van der Waals surface area contributed by atoms with Gasteiger partial charge >= 0.3 is 24.0 Å². The van der Waals surface area contributed by atoms with Gasteiger partial charge in [-0.15, -0.1) is 0 Å². The van der Waals surface area contributed by atoms with Gasteiger partial charge in [0.05, 0.1) is 34.3 Å². The summed E-state index contributed by atoms with van der Waals surface area (Å²) in [6.07, 6.45) is 0.786. The van der Waals surface area contributed by atoms with E-state index in [9.17, 15) is 59.4 Å². The summed E-state index contributed by atoms with van der Waals surface area (Å²) in [6, 6.07) is 18.8. The molecule has 6 aliphatic rings. The second-order valence-corrected chi connectivity index (χ2v) is 26.4. The number of carboxylic acid groups (broad SMARTS) is 3. The van der Waals surface area contributed by atoms with Crippen molar-refractivity contribution >= 4 is 80.1 Å². The number of aromatic carboxylic acids is 1. The number of aliphatic hydroxyl groups is 3. The number of pyridine rings is 1. The fourth-order valence-electron chi connectivity index (χ4n) is 15.1. The molecule has 482 valence electrons. The van der Waals surface area contributed by atoms with Gasteiger partial charge in [0, 0.05) is 74.1 Å². The highest BCUT2D eigenvalue weighted by Gasteiger charge is 2.66. The SMILES string of the molecule is Cc1c(-c2ccc(N3CCc4c(OCC(=O)O)ccc(C(=O)Nc5nc6ccccc6s5)c4C3)nc2C(=O)O)cnn1CC12CC3(C)CC(C)(C1)CC(OCCN(C)C(=O)OCC=Cc1ccc(O[C@@H]4O[C@H](C(=O)O)[C@@H](O)[C@H](O)[C@H]4O)c(NC(=O)CCN)c1)(C3)C2. The van der Waals surface area contributed by atoms with Gasteiger partial charge in [0.25, 0.3) is 5.91 Å². The second kappa shape index (κ2) is 25.6. The fraction of sp³-hybridized carbons (Fsp3) is 0.453. The monoisotopic (exact) mass is 1270 g/mol. The smallest absolute Gasteiger partial charge is 0.409 e. The molecule has 27 heteroatoms. The maximum Gasteiger partial charge on any atom is 0.409 e. The first-order chi connectivity index (χ1) is 43.3. The van der Waals surface area contributed by atoms with Crippen LogP contribution >= 0.6 is 11.3 Å². The molecule has 10 N–H and O–H groups in total. The summed E-state index contributed by atoms with van der Waals surface area (Å²) in [7, 11) is 1.63. The van der Waals surface area contributed by atoms with Gasteiger partial charge in [-0.1, -0.05) is 49.5 Å². The van der Waals surface area contributed by atoms with Gasteiger partial charge in [-0.2, -0.15) is 5.10 Å². The van der Waals surface area contributed by atoms with Crippen LogP contribution in [0, 0.1) is 23.2 Å². The molecular weight excluding hydrogens is 1200 g/mol. The molecule has 2 unspecified atom stereocenters. The van der Waals surface area contributed by atoms with E-state index >= 15 is 0 Å². The highest BCUT2D eigenvalue weighted by Crippen LogP contribution is 2.72. The van der Waals surface area contributed by atoms with Gasteiger partial charge in [-0.3, -0.25) is 19.6 Å². The van der Waals surface area contributed by atoms with Crippen LogP contribution in [0.25, 0.3) is 27.4 Å². The van der Waals surface area contributed by atoms with Crippen molar-refractivity contribution in [3.05, 3.63) is 113 Å². The molecule has 3 amide bonds. The number of nitrogens with zero attached hydrogens (tertiary/aromatic N) is 6. The zero-order valence-electron chi connectivity index (χ0n) is 50.6. The number of hydrogen-bond donors (Lipinski definition) is 9. The predicted octanol–water partition coefficient (Wildman–Crippen LogP) is 6.32. The molecular formula is C64H73N9O17S. The molecule has 4 saturated carbocycles. The number of aliphatic hydroxyl groups excluding tert-OH is 3. The van der Waals surface area contributed by atoms with Gasteiger partial charge in [-0.05, 0) is 134 Å². The standard InChI is InChI=1S/C64H73N9O17S/c1-35-40(38-13-16-47(69-50(38)56(81)82)72-20-18-37-41(26-72)39(12-15-44(37)87-27-49(75)76)55(80)70-59-68-42-9-5-6-10-46(42)91-59)25-66-73(35)34-63-29-61(2)28-62(3,30-63)32-64(31-61,33-63)88-23-21-71(4)60(85)86-22-7-8-36-11-14-45(43(24-36)67-48(74)17-19-65)89-58-53(79)51(77)52(78)54(90-58)57(83)84/h5-16,24-25,51-54,58,77-79H,17-23,26-34,65H2,1-4H3,(H,67,74)(H,75,76)(H,81,82)(H,83,84)(H,68,70,80)/t51-,52-,53+,54-,58+,61?,62?,63?,64?/m0/s1. The summed E-state index contributed by atoms with van der Waals surface area (Å²) < 4.78 is 32.1. The molecule has 0 radical (unpaired) electrons. The Kier molecular flexibility index (Phi) is 18.0. The zero-order valence-corrected chi connectivity index (χ0v) is 51.4. The number of para-hydroxylation sites is 1. The number of nitrogens with one attached hydrogen (secondary N) is 2. The lowest BCUT2D eigenvalue weighted by Gasteiger charge is -2.69. The number of rotatable bonds is 23.